The molecule has 0 aliphatic carbocycles. The van der Waals surface area contributed by atoms with Crippen molar-refractivity contribution < 1.29 is 29.4 Å². The zero-order valence-electron chi connectivity index (χ0n) is 20.7. The summed E-state index contributed by atoms with van der Waals surface area (Å²) >= 11 is 3.96. The highest BCUT2D eigenvalue weighted by Gasteiger charge is 2.32. The van der Waals surface area contributed by atoms with Gasteiger partial charge in [-0.2, -0.15) is 12.6 Å². The second-order valence-corrected chi connectivity index (χ2v) is 9.14. The van der Waals surface area contributed by atoms with E-state index in [9.17, 15) is 29.4 Å². The van der Waals surface area contributed by atoms with Gasteiger partial charge in [-0.05, 0) is 30.0 Å². The van der Waals surface area contributed by atoms with Gasteiger partial charge in [0.1, 0.15) is 23.9 Å². The smallest absolute Gasteiger partial charge is 0.327 e. The normalized spacial score (nSPS) is 15.0. The van der Waals surface area contributed by atoms with E-state index < -0.39 is 47.9 Å². The minimum atomic E-state index is -1.26. The Kier molecular flexibility index (Phi) is 11.4. The summed E-state index contributed by atoms with van der Waals surface area (Å²) in [5, 5.41) is 26.4. The fourth-order valence-corrected chi connectivity index (χ4v) is 3.73. The van der Waals surface area contributed by atoms with E-state index in [2.05, 4.69) is 38.5 Å². The van der Waals surface area contributed by atoms with Crippen LogP contribution in [-0.4, -0.2) is 73.8 Å². The molecule has 1 aromatic carbocycles. The SMILES string of the molecule is CCC(C)C(NC(=O)C(N)Cc1ccc(O)cc1)C(=O)NC(Cc1cnc[nH]1)C(=O)NC(CS)C(=O)O. The molecule has 37 heavy (non-hydrogen) atoms. The van der Waals surface area contributed by atoms with E-state index in [1.165, 1.54) is 24.7 Å². The summed E-state index contributed by atoms with van der Waals surface area (Å²) in [6.07, 6.45) is 3.64. The van der Waals surface area contributed by atoms with Crippen LogP contribution >= 0.6 is 12.6 Å². The molecule has 12 nitrogen and oxygen atoms in total. The third kappa shape index (κ3) is 9.10. The molecule has 0 saturated heterocycles. The molecule has 0 spiro atoms. The molecule has 2 rings (SSSR count). The van der Waals surface area contributed by atoms with Crippen LogP contribution in [0.1, 0.15) is 31.5 Å². The van der Waals surface area contributed by atoms with Crippen molar-refractivity contribution in [3.8, 4) is 5.75 Å². The average Bonchev–Trinajstić information content (AvgIpc) is 3.38. The van der Waals surface area contributed by atoms with Gasteiger partial charge in [0.15, 0.2) is 0 Å². The minimum Gasteiger partial charge on any atom is -0.508 e. The number of rotatable bonds is 14. The van der Waals surface area contributed by atoms with Gasteiger partial charge in [0, 0.05) is 24.1 Å². The maximum absolute atomic E-state index is 13.3. The first-order chi connectivity index (χ1) is 17.5. The van der Waals surface area contributed by atoms with Gasteiger partial charge in [0.25, 0.3) is 0 Å². The largest absolute Gasteiger partial charge is 0.508 e. The lowest BCUT2D eigenvalue weighted by atomic mass is 9.96. The summed E-state index contributed by atoms with van der Waals surface area (Å²) in [5.74, 6) is -3.50. The zero-order chi connectivity index (χ0) is 27.5. The van der Waals surface area contributed by atoms with E-state index in [4.69, 9.17) is 5.73 Å². The number of thiol groups is 1. The van der Waals surface area contributed by atoms with Crippen LogP contribution in [0.3, 0.4) is 0 Å². The van der Waals surface area contributed by atoms with Crippen molar-refractivity contribution in [1.82, 2.24) is 25.9 Å². The predicted molar refractivity (Wildman–Crippen MR) is 139 cm³/mol. The van der Waals surface area contributed by atoms with Gasteiger partial charge >= 0.3 is 5.97 Å². The van der Waals surface area contributed by atoms with E-state index in [1.54, 1.807) is 19.1 Å². The lowest BCUT2D eigenvalue weighted by Crippen LogP contribution is -2.59. The van der Waals surface area contributed by atoms with Crippen molar-refractivity contribution in [3.05, 3.63) is 48.0 Å². The molecule has 2 aromatic rings. The molecule has 5 atom stereocenters. The number of H-pyrrole nitrogens is 1. The number of aromatic hydroxyl groups is 1. The number of benzene rings is 1. The lowest BCUT2D eigenvalue weighted by Gasteiger charge is -2.27. The Morgan fingerprint density at radius 3 is 2.22 bits per heavy atom. The number of carboxylic acid groups (broad SMARTS) is 1. The van der Waals surface area contributed by atoms with E-state index in [0.29, 0.717) is 12.1 Å². The van der Waals surface area contributed by atoms with Crippen LogP contribution in [0, 0.1) is 5.92 Å². The molecule has 1 aromatic heterocycles. The Morgan fingerprint density at radius 2 is 1.68 bits per heavy atom. The Bertz CT molecular complexity index is 1050. The first-order valence-corrected chi connectivity index (χ1v) is 12.4. The van der Waals surface area contributed by atoms with Crippen LogP contribution in [-0.2, 0) is 32.0 Å². The number of aliphatic carboxylic acids is 1. The molecule has 8 N–H and O–H groups in total. The van der Waals surface area contributed by atoms with Gasteiger partial charge in [-0.15, -0.1) is 0 Å². The molecule has 202 valence electrons. The van der Waals surface area contributed by atoms with E-state index in [-0.39, 0.29) is 30.3 Å². The van der Waals surface area contributed by atoms with Crippen LogP contribution in [0.15, 0.2) is 36.8 Å². The second kappa shape index (κ2) is 14.2. The molecule has 0 aliphatic heterocycles. The standard InChI is InChI=1S/C24H34N6O6S/c1-3-13(2)20(30-21(32)17(25)8-14-4-6-16(31)7-5-14)23(34)28-18(9-15-10-26-12-27-15)22(33)29-19(11-37)24(35)36/h4-7,10,12-13,17-20,31,37H,3,8-9,11,25H2,1-2H3,(H,26,27)(H,28,34)(H,29,33)(H,30,32)(H,35,36). The monoisotopic (exact) mass is 534 g/mol. The van der Waals surface area contributed by atoms with Gasteiger partial charge in [-0.25, -0.2) is 9.78 Å². The molecule has 5 unspecified atom stereocenters. The summed E-state index contributed by atoms with van der Waals surface area (Å²) in [4.78, 5) is 57.2. The number of phenolic OH excluding ortho intramolecular Hbond substituents is 1. The lowest BCUT2D eigenvalue weighted by molar-refractivity contribution is -0.141. The van der Waals surface area contributed by atoms with E-state index in [0.717, 1.165) is 5.56 Å². The topological polar surface area (TPSA) is 200 Å². The van der Waals surface area contributed by atoms with Gasteiger partial charge < -0.3 is 36.9 Å². The van der Waals surface area contributed by atoms with Crippen molar-refractivity contribution in [3.63, 3.8) is 0 Å². The number of hydrogen-bond donors (Lipinski definition) is 8. The zero-order valence-corrected chi connectivity index (χ0v) is 21.6. The number of carbonyl (C=O) groups is 4. The summed E-state index contributed by atoms with van der Waals surface area (Å²) in [6.45, 7) is 3.63. The first-order valence-electron chi connectivity index (χ1n) is 11.8. The van der Waals surface area contributed by atoms with E-state index >= 15 is 0 Å². The molecular weight excluding hydrogens is 500 g/mol. The molecule has 3 amide bonds. The third-order valence-electron chi connectivity index (χ3n) is 5.93. The Hall–Kier alpha value is -3.58. The maximum Gasteiger partial charge on any atom is 0.327 e. The van der Waals surface area contributed by atoms with Crippen molar-refractivity contribution in [2.75, 3.05) is 5.75 Å². The van der Waals surface area contributed by atoms with Crippen LogP contribution < -0.4 is 21.7 Å². The summed E-state index contributed by atoms with van der Waals surface area (Å²) < 4.78 is 0. The quantitative estimate of drug-likeness (QED) is 0.152. The van der Waals surface area contributed by atoms with Crippen molar-refractivity contribution >= 4 is 36.3 Å². The number of nitrogens with zero attached hydrogens (tertiary/aromatic N) is 1. The van der Waals surface area contributed by atoms with Gasteiger partial charge in [-0.3, -0.25) is 14.4 Å². The molecule has 0 saturated carbocycles. The van der Waals surface area contributed by atoms with Crippen LogP contribution in [0.4, 0.5) is 0 Å². The Labute approximate surface area is 220 Å². The number of amides is 3. The van der Waals surface area contributed by atoms with Crippen molar-refractivity contribution in [2.45, 2.75) is 57.3 Å². The Balaban J connectivity index is 2.16. The number of aromatic amines is 1. The molecule has 0 bridgehead atoms. The summed E-state index contributed by atoms with van der Waals surface area (Å²) in [7, 11) is 0. The highest BCUT2D eigenvalue weighted by molar-refractivity contribution is 7.80. The number of imidazole rings is 1. The maximum atomic E-state index is 13.3. The highest BCUT2D eigenvalue weighted by atomic mass is 32.1. The fraction of sp³-hybridized carbons (Fsp3) is 0.458. The predicted octanol–water partition coefficient (Wildman–Crippen LogP) is -0.257. The summed E-state index contributed by atoms with van der Waals surface area (Å²) in [5.41, 5.74) is 7.35. The minimum absolute atomic E-state index is 0.0119. The van der Waals surface area contributed by atoms with Crippen LogP contribution in [0.25, 0.3) is 0 Å². The van der Waals surface area contributed by atoms with Crippen molar-refractivity contribution in [2.24, 2.45) is 11.7 Å². The average molecular weight is 535 g/mol. The van der Waals surface area contributed by atoms with Crippen LogP contribution in [0.2, 0.25) is 0 Å². The molecule has 13 heteroatoms. The number of carbonyl (C=O) groups excluding carboxylic acids is 3. The Morgan fingerprint density at radius 1 is 1.03 bits per heavy atom. The molecule has 0 fully saturated rings. The highest BCUT2D eigenvalue weighted by Crippen LogP contribution is 2.13. The summed E-state index contributed by atoms with van der Waals surface area (Å²) in [6, 6.07) is 1.92. The molecular formula is C24H34N6O6S. The number of nitrogens with two attached hydrogens (primary N) is 1. The van der Waals surface area contributed by atoms with Gasteiger partial charge in [-0.1, -0.05) is 32.4 Å². The molecule has 0 aliphatic rings. The number of hydrogen-bond acceptors (Lipinski definition) is 8. The van der Waals surface area contributed by atoms with Crippen molar-refractivity contribution in [1.29, 1.82) is 0 Å². The van der Waals surface area contributed by atoms with Crippen LogP contribution in [0.5, 0.6) is 5.75 Å². The number of nitrogens with one attached hydrogen (secondary N) is 4. The first kappa shape index (κ1) is 29.6. The third-order valence-corrected chi connectivity index (χ3v) is 6.30. The number of aromatic nitrogens is 2. The number of carboxylic acids is 1. The fourth-order valence-electron chi connectivity index (χ4n) is 3.49. The van der Waals surface area contributed by atoms with Gasteiger partial charge in [0.05, 0.1) is 12.4 Å². The van der Waals surface area contributed by atoms with Gasteiger partial charge in [0.2, 0.25) is 17.7 Å². The molecule has 1 heterocycles. The molecule has 0 radical (unpaired) electrons. The van der Waals surface area contributed by atoms with E-state index in [1.807, 2.05) is 6.92 Å². The second-order valence-electron chi connectivity index (χ2n) is 8.77. The number of phenols is 1.